The van der Waals surface area contributed by atoms with Gasteiger partial charge in [0, 0.05) is 5.02 Å². The summed E-state index contributed by atoms with van der Waals surface area (Å²) in [7, 11) is 1.36. The lowest BCUT2D eigenvalue weighted by molar-refractivity contribution is -0.131. The Morgan fingerprint density at radius 3 is 2.47 bits per heavy atom. The van der Waals surface area contributed by atoms with Crippen molar-refractivity contribution in [2.24, 2.45) is 0 Å². The van der Waals surface area contributed by atoms with Gasteiger partial charge in [-0.1, -0.05) is 11.6 Å². The average Bonchev–Trinajstić information content (AvgIpc) is 2.20. The SMILES string of the molecule is COc1cc(C)c(Cl)cc1C(=O)C(=O)O. The van der Waals surface area contributed by atoms with Crippen LogP contribution >= 0.6 is 11.6 Å². The minimum Gasteiger partial charge on any atom is -0.496 e. The second-order valence-corrected chi connectivity index (χ2v) is 3.34. The van der Waals surface area contributed by atoms with E-state index in [0.29, 0.717) is 5.02 Å². The van der Waals surface area contributed by atoms with Gasteiger partial charge in [0.2, 0.25) is 0 Å². The Morgan fingerprint density at radius 1 is 1.40 bits per heavy atom. The van der Waals surface area contributed by atoms with Gasteiger partial charge in [0.1, 0.15) is 5.75 Å². The van der Waals surface area contributed by atoms with Crippen molar-refractivity contribution in [1.29, 1.82) is 0 Å². The molecular formula is C10H9ClO4. The summed E-state index contributed by atoms with van der Waals surface area (Å²) in [4.78, 5) is 21.8. The lowest BCUT2D eigenvalue weighted by atomic mass is 10.1. The molecule has 0 radical (unpaired) electrons. The summed E-state index contributed by atoms with van der Waals surface area (Å²) in [5.41, 5.74) is 0.677. The molecule has 0 amide bonds. The topological polar surface area (TPSA) is 63.6 Å². The maximum atomic E-state index is 11.2. The molecule has 1 aromatic rings. The Balaban J connectivity index is 3.34. The van der Waals surface area contributed by atoms with Crippen LogP contribution in [0.25, 0.3) is 0 Å². The summed E-state index contributed by atoms with van der Waals surface area (Å²) in [5, 5.41) is 8.90. The summed E-state index contributed by atoms with van der Waals surface area (Å²) in [6.07, 6.45) is 0. The highest BCUT2D eigenvalue weighted by atomic mass is 35.5. The van der Waals surface area contributed by atoms with Gasteiger partial charge in [-0.15, -0.1) is 0 Å². The molecule has 0 aromatic heterocycles. The average molecular weight is 229 g/mol. The number of Topliss-reactive ketones (excluding diaryl/α,β-unsaturated/α-hetero) is 1. The lowest BCUT2D eigenvalue weighted by Gasteiger charge is -2.07. The number of aryl methyl sites for hydroxylation is 1. The number of methoxy groups -OCH3 is 1. The van der Waals surface area contributed by atoms with Crippen molar-refractivity contribution in [2.45, 2.75) is 6.92 Å². The number of carbonyl (C=O) groups is 2. The summed E-state index contributed by atoms with van der Waals surface area (Å²) in [5.74, 6) is -2.36. The van der Waals surface area contributed by atoms with E-state index in [2.05, 4.69) is 0 Å². The third-order valence-electron chi connectivity index (χ3n) is 1.92. The molecule has 1 rings (SSSR count). The molecule has 0 aliphatic heterocycles. The zero-order valence-electron chi connectivity index (χ0n) is 8.20. The van der Waals surface area contributed by atoms with E-state index in [4.69, 9.17) is 21.4 Å². The Kier molecular flexibility index (Phi) is 3.31. The minimum atomic E-state index is -1.53. The highest BCUT2D eigenvalue weighted by Crippen LogP contribution is 2.26. The number of ketones is 1. The molecule has 0 spiro atoms. The van der Waals surface area contributed by atoms with Crippen molar-refractivity contribution in [3.05, 3.63) is 28.3 Å². The Hall–Kier alpha value is -1.55. The van der Waals surface area contributed by atoms with Crippen LogP contribution in [-0.2, 0) is 4.79 Å². The summed E-state index contributed by atoms with van der Waals surface area (Å²) >= 11 is 5.79. The molecule has 0 aliphatic carbocycles. The van der Waals surface area contributed by atoms with Crippen LogP contribution in [0.4, 0.5) is 0 Å². The van der Waals surface area contributed by atoms with E-state index in [1.165, 1.54) is 19.2 Å². The number of carboxylic acids is 1. The molecule has 5 heteroatoms. The number of carboxylic acid groups (broad SMARTS) is 1. The fourth-order valence-electron chi connectivity index (χ4n) is 1.12. The fraction of sp³-hybridized carbons (Fsp3) is 0.200. The number of hydrogen-bond donors (Lipinski definition) is 1. The fourth-order valence-corrected chi connectivity index (χ4v) is 1.28. The summed E-state index contributed by atoms with van der Waals surface area (Å²) < 4.78 is 4.91. The van der Waals surface area contributed by atoms with Gasteiger partial charge >= 0.3 is 5.97 Å². The molecule has 0 heterocycles. The Bertz CT molecular complexity index is 426. The van der Waals surface area contributed by atoms with E-state index < -0.39 is 11.8 Å². The van der Waals surface area contributed by atoms with Gasteiger partial charge in [0.05, 0.1) is 12.7 Å². The van der Waals surface area contributed by atoms with E-state index in [9.17, 15) is 9.59 Å². The van der Waals surface area contributed by atoms with Crippen molar-refractivity contribution >= 4 is 23.4 Å². The molecular weight excluding hydrogens is 220 g/mol. The molecule has 15 heavy (non-hydrogen) atoms. The second-order valence-electron chi connectivity index (χ2n) is 2.94. The van der Waals surface area contributed by atoms with Crippen LogP contribution in [0.5, 0.6) is 5.75 Å². The number of aliphatic carboxylic acids is 1. The van der Waals surface area contributed by atoms with E-state index in [-0.39, 0.29) is 11.3 Å². The van der Waals surface area contributed by atoms with Crippen molar-refractivity contribution in [1.82, 2.24) is 0 Å². The van der Waals surface area contributed by atoms with Gasteiger partial charge in [-0.3, -0.25) is 4.79 Å². The molecule has 0 aliphatic rings. The number of benzene rings is 1. The first kappa shape index (κ1) is 11.5. The number of rotatable bonds is 3. The molecule has 0 atom stereocenters. The number of halogens is 1. The van der Waals surface area contributed by atoms with Gasteiger partial charge in [-0.05, 0) is 24.6 Å². The van der Waals surface area contributed by atoms with Crippen molar-refractivity contribution < 1.29 is 19.4 Å². The maximum absolute atomic E-state index is 11.2. The lowest BCUT2D eigenvalue weighted by Crippen LogP contribution is -2.14. The first-order valence-electron chi connectivity index (χ1n) is 4.09. The van der Waals surface area contributed by atoms with E-state index in [1.807, 2.05) is 0 Å². The van der Waals surface area contributed by atoms with E-state index >= 15 is 0 Å². The van der Waals surface area contributed by atoms with Crippen molar-refractivity contribution in [3.8, 4) is 5.75 Å². The molecule has 0 unspecified atom stereocenters. The van der Waals surface area contributed by atoms with Crippen LogP contribution in [0.3, 0.4) is 0 Å². The van der Waals surface area contributed by atoms with Crippen LogP contribution in [-0.4, -0.2) is 24.0 Å². The molecule has 0 fully saturated rings. The van der Waals surface area contributed by atoms with E-state index in [1.54, 1.807) is 6.92 Å². The second kappa shape index (κ2) is 4.31. The van der Waals surface area contributed by atoms with Crippen LogP contribution in [0.1, 0.15) is 15.9 Å². The van der Waals surface area contributed by atoms with E-state index in [0.717, 1.165) is 5.56 Å². The Morgan fingerprint density at radius 2 is 2.00 bits per heavy atom. The minimum absolute atomic E-state index is 0.0411. The normalized spacial score (nSPS) is 9.80. The van der Waals surface area contributed by atoms with Gasteiger partial charge in [-0.2, -0.15) is 0 Å². The number of carbonyl (C=O) groups excluding carboxylic acids is 1. The highest BCUT2D eigenvalue weighted by Gasteiger charge is 2.20. The quantitative estimate of drug-likeness (QED) is 0.634. The highest BCUT2D eigenvalue weighted by molar-refractivity contribution is 6.41. The molecule has 80 valence electrons. The molecule has 0 saturated heterocycles. The molecule has 1 N–H and O–H groups in total. The van der Waals surface area contributed by atoms with Crippen LogP contribution < -0.4 is 4.74 Å². The predicted octanol–water partition coefficient (Wildman–Crippen LogP) is 1.92. The third kappa shape index (κ3) is 2.27. The van der Waals surface area contributed by atoms with Gasteiger partial charge in [0.25, 0.3) is 5.78 Å². The van der Waals surface area contributed by atoms with Crippen LogP contribution in [0, 0.1) is 6.92 Å². The summed E-state index contributed by atoms with van der Waals surface area (Å²) in [6, 6.07) is 2.82. The van der Waals surface area contributed by atoms with Crippen LogP contribution in [0.15, 0.2) is 12.1 Å². The molecule has 0 saturated carbocycles. The number of hydrogen-bond acceptors (Lipinski definition) is 3. The smallest absolute Gasteiger partial charge is 0.377 e. The monoisotopic (exact) mass is 228 g/mol. The third-order valence-corrected chi connectivity index (χ3v) is 2.33. The standard InChI is InChI=1S/C10H9ClO4/c1-5-3-8(15-2)6(4-7(5)11)9(12)10(13)14/h3-4H,1-2H3,(H,13,14). The first-order valence-corrected chi connectivity index (χ1v) is 4.47. The van der Waals surface area contributed by atoms with Gasteiger partial charge < -0.3 is 9.84 Å². The predicted molar refractivity (Wildman–Crippen MR) is 54.7 cm³/mol. The van der Waals surface area contributed by atoms with Crippen molar-refractivity contribution in [3.63, 3.8) is 0 Å². The summed E-state index contributed by atoms with van der Waals surface area (Å²) in [6.45, 7) is 1.74. The first-order chi connectivity index (χ1) is 6.97. The molecule has 0 bridgehead atoms. The van der Waals surface area contributed by atoms with Gasteiger partial charge in [0.15, 0.2) is 0 Å². The zero-order valence-corrected chi connectivity index (χ0v) is 8.96. The van der Waals surface area contributed by atoms with Crippen LogP contribution in [0.2, 0.25) is 5.02 Å². The maximum Gasteiger partial charge on any atom is 0.377 e. The Labute approximate surface area is 91.4 Å². The molecule has 1 aromatic carbocycles. The number of ether oxygens (including phenoxy) is 1. The van der Waals surface area contributed by atoms with Crippen molar-refractivity contribution in [2.75, 3.05) is 7.11 Å². The van der Waals surface area contributed by atoms with Gasteiger partial charge in [-0.25, -0.2) is 4.79 Å². The largest absolute Gasteiger partial charge is 0.496 e. The zero-order chi connectivity index (χ0) is 11.6. The molecule has 4 nitrogen and oxygen atoms in total.